The first-order valence-corrected chi connectivity index (χ1v) is 10.6. The molecule has 0 radical (unpaired) electrons. The molecule has 0 bridgehead atoms. The summed E-state index contributed by atoms with van der Waals surface area (Å²) in [6, 6.07) is 4.85. The van der Waals surface area contributed by atoms with E-state index in [1.54, 1.807) is 18.2 Å². The van der Waals surface area contributed by atoms with Crippen molar-refractivity contribution in [3.63, 3.8) is 0 Å². The Balaban J connectivity index is 1.90. The summed E-state index contributed by atoms with van der Waals surface area (Å²) < 4.78 is 17.1. The van der Waals surface area contributed by atoms with E-state index >= 15 is 0 Å². The van der Waals surface area contributed by atoms with Gasteiger partial charge >= 0.3 is 5.97 Å². The van der Waals surface area contributed by atoms with E-state index in [2.05, 4.69) is 40.1 Å². The first-order valence-electron chi connectivity index (χ1n) is 10.6. The molecule has 0 amide bonds. The molecular weight excluding hydrogens is 476 g/mol. The van der Waals surface area contributed by atoms with Crippen molar-refractivity contribution < 1.29 is 24.1 Å². The SMILES string of the molecule is [N-]=[N+]=NCC1C=CC(N=[N+]=[N-])[C@@H](O[C@@H]2C(N=[N+]=[N-])C[C@H](N=[N+]=[N-])C(OC(=O)c3ccccc3)[C@H]2O)O1. The molecule has 1 aliphatic carbocycles. The van der Waals surface area contributed by atoms with Crippen molar-refractivity contribution in [2.75, 3.05) is 6.54 Å². The Morgan fingerprint density at radius 3 is 2.28 bits per heavy atom. The standard InChI is InChI=1S/C19H20N12O5/c20-28-24-9-11-6-7-12(25-29-21)19(34-11)36-17-14(27-31-23)8-13(26-30-22)16(15(17)32)35-18(33)10-4-2-1-3-5-10/h1-7,11-17,19,32H,8-9H2/t11?,12?,13-,14?,15+,16?,17+,19+/m0/s1. The molecule has 36 heavy (non-hydrogen) atoms. The molecule has 1 fully saturated rings. The molecule has 0 spiro atoms. The summed E-state index contributed by atoms with van der Waals surface area (Å²) in [6.07, 6.45) is -3.42. The van der Waals surface area contributed by atoms with Crippen LogP contribution in [0, 0.1) is 0 Å². The molecule has 17 nitrogen and oxygen atoms in total. The fourth-order valence-electron chi connectivity index (χ4n) is 3.87. The van der Waals surface area contributed by atoms with E-state index < -0.39 is 54.8 Å². The smallest absolute Gasteiger partial charge is 0.338 e. The van der Waals surface area contributed by atoms with Crippen molar-refractivity contribution in [3.05, 3.63) is 89.8 Å². The maximum absolute atomic E-state index is 12.7. The lowest BCUT2D eigenvalue weighted by Crippen LogP contribution is -2.59. The number of carbonyl (C=O) groups is 1. The van der Waals surface area contributed by atoms with E-state index in [1.807, 2.05) is 0 Å². The number of aliphatic hydroxyl groups is 1. The maximum atomic E-state index is 12.7. The lowest BCUT2D eigenvalue weighted by atomic mass is 9.84. The van der Waals surface area contributed by atoms with Gasteiger partial charge in [-0.2, -0.15) is 0 Å². The van der Waals surface area contributed by atoms with Gasteiger partial charge in [-0.25, -0.2) is 4.79 Å². The Labute approximate surface area is 202 Å². The fourth-order valence-corrected chi connectivity index (χ4v) is 3.87. The topological polar surface area (TPSA) is 260 Å². The third-order valence-electron chi connectivity index (χ3n) is 5.48. The molecule has 0 aromatic heterocycles. The van der Waals surface area contributed by atoms with Crippen molar-refractivity contribution in [1.29, 1.82) is 0 Å². The summed E-state index contributed by atoms with van der Waals surface area (Å²) in [5.41, 5.74) is 35.7. The van der Waals surface area contributed by atoms with Crippen molar-refractivity contribution in [3.8, 4) is 0 Å². The minimum atomic E-state index is -1.63. The van der Waals surface area contributed by atoms with Crippen LogP contribution in [0.4, 0.5) is 0 Å². The molecular formula is C19H20N12O5. The summed E-state index contributed by atoms with van der Waals surface area (Å²) in [6.45, 7) is -0.0842. The molecule has 4 unspecified atom stereocenters. The third-order valence-corrected chi connectivity index (χ3v) is 5.48. The highest BCUT2D eigenvalue weighted by Crippen LogP contribution is 2.33. The highest BCUT2D eigenvalue weighted by molar-refractivity contribution is 5.89. The van der Waals surface area contributed by atoms with Gasteiger partial charge in [0, 0.05) is 19.6 Å². The predicted octanol–water partition coefficient (Wildman–Crippen LogP) is 3.99. The minimum absolute atomic E-state index is 0.0842. The Bertz CT molecular complexity index is 1150. The zero-order chi connectivity index (χ0) is 25.9. The average Bonchev–Trinajstić information content (AvgIpc) is 2.89. The zero-order valence-electron chi connectivity index (χ0n) is 18.5. The van der Waals surface area contributed by atoms with Crippen LogP contribution in [0.25, 0.3) is 41.8 Å². The zero-order valence-corrected chi connectivity index (χ0v) is 18.5. The Morgan fingerprint density at radius 2 is 1.64 bits per heavy atom. The van der Waals surface area contributed by atoms with Gasteiger partial charge in [0.15, 0.2) is 6.29 Å². The van der Waals surface area contributed by atoms with Gasteiger partial charge in [0.2, 0.25) is 0 Å². The molecule has 1 aliphatic heterocycles. The maximum Gasteiger partial charge on any atom is 0.338 e. The first-order chi connectivity index (χ1) is 17.5. The molecule has 186 valence electrons. The average molecular weight is 496 g/mol. The van der Waals surface area contributed by atoms with Crippen LogP contribution in [0.3, 0.4) is 0 Å². The third kappa shape index (κ3) is 6.36. The molecule has 1 aromatic carbocycles. The number of carbonyl (C=O) groups excluding carboxylic acids is 1. The van der Waals surface area contributed by atoms with E-state index in [-0.39, 0.29) is 18.5 Å². The van der Waals surface area contributed by atoms with Gasteiger partial charge in [-0.1, -0.05) is 50.8 Å². The van der Waals surface area contributed by atoms with Gasteiger partial charge in [-0.15, -0.1) is 0 Å². The Hall–Kier alpha value is -4.45. The minimum Gasteiger partial charge on any atom is -0.455 e. The lowest BCUT2D eigenvalue weighted by Gasteiger charge is -2.43. The summed E-state index contributed by atoms with van der Waals surface area (Å²) in [4.78, 5) is 23.6. The second-order valence-electron chi connectivity index (χ2n) is 7.64. The van der Waals surface area contributed by atoms with Crippen LogP contribution in [0.1, 0.15) is 16.8 Å². The first kappa shape index (κ1) is 26.2. The fraction of sp³-hybridized carbons (Fsp3) is 0.526. The number of rotatable bonds is 9. The normalized spacial score (nSPS) is 30.9. The number of nitrogens with zero attached hydrogens (tertiary/aromatic N) is 12. The predicted molar refractivity (Wildman–Crippen MR) is 122 cm³/mol. The molecule has 1 N–H and O–H groups in total. The van der Waals surface area contributed by atoms with Crippen molar-refractivity contribution in [1.82, 2.24) is 0 Å². The number of hydrogen-bond donors (Lipinski definition) is 1. The van der Waals surface area contributed by atoms with Crippen molar-refractivity contribution >= 4 is 5.97 Å². The van der Waals surface area contributed by atoms with Crippen LogP contribution in [-0.4, -0.2) is 66.5 Å². The molecule has 17 heteroatoms. The number of azide groups is 4. The van der Waals surface area contributed by atoms with Gasteiger partial charge in [0.1, 0.15) is 18.2 Å². The van der Waals surface area contributed by atoms with Gasteiger partial charge < -0.3 is 19.3 Å². The molecule has 8 atom stereocenters. The molecule has 3 rings (SSSR count). The van der Waals surface area contributed by atoms with Gasteiger partial charge in [-0.05, 0) is 40.7 Å². The van der Waals surface area contributed by atoms with Crippen LogP contribution in [0.2, 0.25) is 0 Å². The van der Waals surface area contributed by atoms with Gasteiger partial charge in [0.25, 0.3) is 0 Å². The van der Waals surface area contributed by atoms with Crippen molar-refractivity contribution in [2.45, 2.75) is 55.3 Å². The van der Waals surface area contributed by atoms with Crippen LogP contribution >= 0.6 is 0 Å². The van der Waals surface area contributed by atoms with Crippen molar-refractivity contribution in [2.24, 2.45) is 20.5 Å². The highest BCUT2D eigenvalue weighted by Gasteiger charge is 2.48. The highest BCUT2D eigenvalue weighted by atomic mass is 16.7. The summed E-state index contributed by atoms with van der Waals surface area (Å²) in [7, 11) is 0. The van der Waals surface area contributed by atoms with Crippen LogP contribution in [-0.2, 0) is 14.2 Å². The van der Waals surface area contributed by atoms with E-state index in [0.717, 1.165) is 0 Å². The summed E-state index contributed by atoms with van der Waals surface area (Å²) in [5, 5.41) is 25.5. The summed E-state index contributed by atoms with van der Waals surface area (Å²) in [5.74, 6) is -0.781. The van der Waals surface area contributed by atoms with Gasteiger partial charge in [-0.3, -0.25) is 0 Å². The van der Waals surface area contributed by atoms with E-state index in [9.17, 15) is 9.90 Å². The number of benzene rings is 1. The number of hydrogen-bond acceptors (Lipinski definition) is 9. The largest absolute Gasteiger partial charge is 0.455 e. The van der Waals surface area contributed by atoms with E-state index in [1.165, 1.54) is 24.3 Å². The van der Waals surface area contributed by atoms with Gasteiger partial charge in [0.05, 0.1) is 36.4 Å². The lowest BCUT2D eigenvalue weighted by molar-refractivity contribution is -0.232. The number of ether oxygens (including phenoxy) is 3. The second kappa shape index (κ2) is 12.9. The molecule has 1 saturated carbocycles. The van der Waals surface area contributed by atoms with Crippen LogP contribution < -0.4 is 0 Å². The van der Waals surface area contributed by atoms with Crippen LogP contribution in [0.15, 0.2) is 62.9 Å². The number of aliphatic hydroxyl groups excluding tert-OH is 1. The van der Waals surface area contributed by atoms with E-state index in [0.29, 0.717) is 0 Å². The molecule has 1 heterocycles. The quantitative estimate of drug-likeness (QED) is 0.174. The molecule has 0 saturated heterocycles. The monoisotopic (exact) mass is 496 g/mol. The Kier molecular flexibility index (Phi) is 9.34. The molecule has 2 aliphatic rings. The molecule has 1 aromatic rings. The summed E-state index contributed by atoms with van der Waals surface area (Å²) >= 11 is 0. The van der Waals surface area contributed by atoms with E-state index in [4.69, 9.17) is 36.3 Å². The second-order valence-corrected chi connectivity index (χ2v) is 7.64. The number of esters is 1. The van der Waals surface area contributed by atoms with Crippen LogP contribution in [0.5, 0.6) is 0 Å². The Morgan fingerprint density at radius 1 is 0.972 bits per heavy atom.